The van der Waals surface area contributed by atoms with Crippen LogP contribution in [0, 0.1) is 13.8 Å². The van der Waals surface area contributed by atoms with Gasteiger partial charge in [0.25, 0.3) is 0 Å². The van der Waals surface area contributed by atoms with E-state index in [1.165, 1.54) is 6.07 Å². The summed E-state index contributed by atoms with van der Waals surface area (Å²) in [4.78, 5) is 35.3. The first-order chi connectivity index (χ1) is 9.47. The number of esters is 3. The maximum Gasteiger partial charge on any atom is 0.347 e. The molecule has 2 rings (SSSR count). The van der Waals surface area contributed by atoms with Gasteiger partial charge in [0.2, 0.25) is 0 Å². The van der Waals surface area contributed by atoms with Gasteiger partial charge in [-0.1, -0.05) is 13.3 Å². The molecule has 0 bridgehead atoms. The number of ether oxygens (including phenoxy) is 2. The van der Waals surface area contributed by atoms with Crippen LogP contribution in [0.15, 0.2) is 6.07 Å². The quantitative estimate of drug-likeness (QED) is 0.480. The topological polar surface area (TPSA) is 69.7 Å². The summed E-state index contributed by atoms with van der Waals surface area (Å²) in [6.07, 6.45) is 1.71. The number of hydrogen-bond acceptors (Lipinski definition) is 5. The van der Waals surface area contributed by atoms with E-state index in [1.807, 2.05) is 6.92 Å². The highest BCUT2D eigenvalue weighted by atomic mass is 16.6. The van der Waals surface area contributed by atoms with Crippen LogP contribution >= 0.6 is 0 Å². The largest absolute Gasteiger partial charge is 0.462 e. The van der Waals surface area contributed by atoms with E-state index in [4.69, 9.17) is 4.74 Å². The maximum absolute atomic E-state index is 12.1. The van der Waals surface area contributed by atoms with Crippen molar-refractivity contribution in [2.24, 2.45) is 0 Å². The van der Waals surface area contributed by atoms with E-state index in [0.29, 0.717) is 23.3 Å². The summed E-state index contributed by atoms with van der Waals surface area (Å²) < 4.78 is 9.75. The number of hydrogen-bond donors (Lipinski definition) is 0. The van der Waals surface area contributed by atoms with Crippen LogP contribution in [-0.4, -0.2) is 24.5 Å². The fourth-order valence-corrected chi connectivity index (χ4v) is 2.29. The van der Waals surface area contributed by atoms with Gasteiger partial charge in [0.1, 0.15) is 0 Å². The van der Waals surface area contributed by atoms with Gasteiger partial charge in [-0.15, -0.1) is 0 Å². The van der Waals surface area contributed by atoms with Crippen LogP contribution < -0.4 is 0 Å². The normalized spacial score (nSPS) is 13.2. The van der Waals surface area contributed by atoms with Gasteiger partial charge in [0.15, 0.2) is 0 Å². The average Bonchev–Trinajstić information content (AvgIpc) is 2.65. The molecule has 0 spiro atoms. The van der Waals surface area contributed by atoms with Crippen molar-refractivity contribution in [2.75, 3.05) is 6.61 Å². The molecule has 0 saturated carbocycles. The number of rotatable bonds is 4. The molecule has 106 valence electrons. The fraction of sp³-hybridized carbons (Fsp3) is 0.400. The third kappa shape index (κ3) is 2.31. The molecule has 0 N–H and O–H groups in total. The molecule has 1 aliphatic rings. The number of fused-ring (bicyclic) bond motifs is 1. The van der Waals surface area contributed by atoms with Gasteiger partial charge in [-0.25, -0.2) is 14.4 Å². The summed E-state index contributed by atoms with van der Waals surface area (Å²) >= 11 is 0. The first-order valence-corrected chi connectivity index (χ1v) is 6.55. The van der Waals surface area contributed by atoms with E-state index in [0.717, 1.165) is 12.8 Å². The van der Waals surface area contributed by atoms with Crippen molar-refractivity contribution in [1.82, 2.24) is 0 Å². The Hall–Kier alpha value is -2.17. The van der Waals surface area contributed by atoms with Gasteiger partial charge >= 0.3 is 17.9 Å². The first kappa shape index (κ1) is 14.2. The van der Waals surface area contributed by atoms with Crippen LogP contribution in [0.2, 0.25) is 0 Å². The third-order valence-corrected chi connectivity index (χ3v) is 3.32. The first-order valence-electron chi connectivity index (χ1n) is 6.55. The SMILES string of the molecule is CCCCOC(=O)c1c(C)cc2c(c1C)C(=O)OC2=O. The molecule has 1 heterocycles. The summed E-state index contributed by atoms with van der Waals surface area (Å²) in [6, 6.07) is 1.51. The van der Waals surface area contributed by atoms with Gasteiger partial charge in [0, 0.05) is 0 Å². The summed E-state index contributed by atoms with van der Waals surface area (Å²) in [6.45, 7) is 5.68. The Bertz CT molecular complexity index is 601. The zero-order chi connectivity index (χ0) is 14.9. The van der Waals surface area contributed by atoms with Gasteiger partial charge in [-0.3, -0.25) is 0 Å². The van der Waals surface area contributed by atoms with E-state index in [1.54, 1.807) is 13.8 Å². The standard InChI is InChI=1S/C15H16O5/c1-4-5-6-19-14(17)11-8(2)7-10-12(9(11)3)15(18)20-13(10)16/h7H,4-6H2,1-3H3. The summed E-state index contributed by atoms with van der Waals surface area (Å²) in [7, 11) is 0. The lowest BCUT2D eigenvalue weighted by Gasteiger charge is -2.11. The average molecular weight is 276 g/mol. The number of cyclic esters (lactones) is 2. The second-order valence-corrected chi connectivity index (χ2v) is 4.78. The smallest absolute Gasteiger partial charge is 0.347 e. The van der Waals surface area contributed by atoms with Crippen molar-refractivity contribution in [3.63, 3.8) is 0 Å². The second kappa shape index (κ2) is 5.45. The summed E-state index contributed by atoms with van der Waals surface area (Å²) in [5.74, 6) is -1.84. The van der Waals surface area contributed by atoms with Gasteiger partial charge in [-0.2, -0.15) is 0 Å². The lowest BCUT2D eigenvalue weighted by Crippen LogP contribution is -2.13. The molecule has 1 aromatic carbocycles. The van der Waals surface area contributed by atoms with Crippen molar-refractivity contribution in [2.45, 2.75) is 33.6 Å². The highest BCUT2D eigenvalue weighted by Crippen LogP contribution is 2.29. The van der Waals surface area contributed by atoms with Crippen LogP contribution in [0.4, 0.5) is 0 Å². The molecule has 0 atom stereocenters. The number of carbonyl (C=O) groups is 3. The lowest BCUT2D eigenvalue weighted by atomic mass is 9.94. The molecule has 5 nitrogen and oxygen atoms in total. The van der Waals surface area contributed by atoms with E-state index >= 15 is 0 Å². The molecule has 0 aromatic heterocycles. The maximum atomic E-state index is 12.1. The Kier molecular flexibility index (Phi) is 3.88. The van der Waals surface area contributed by atoms with Crippen molar-refractivity contribution >= 4 is 17.9 Å². The molecule has 1 aromatic rings. The molecule has 0 amide bonds. The Morgan fingerprint density at radius 3 is 2.60 bits per heavy atom. The molecule has 20 heavy (non-hydrogen) atoms. The zero-order valence-electron chi connectivity index (χ0n) is 11.7. The van der Waals surface area contributed by atoms with Crippen molar-refractivity contribution in [3.05, 3.63) is 33.9 Å². The monoisotopic (exact) mass is 276 g/mol. The Morgan fingerprint density at radius 2 is 1.95 bits per heavy atom. The van der Waals surface area contributed by atoms with Crippen LogP contribution in [-0.2, 0) is 9.47 Å². The number of aryl methyl sites for hydroxylation is 1. The molecule has 0 unspecified atom stereocenters. The van der Waals surface area contributed by atoms with Crippen LogP contribution in [0.25, 0.3) is 0 Å². The lowest BCUT2D eigenvalue weighted by molar-refractivity contribution is 0.0442. The Labute approximate surface area is 116 Å². The molecule has 0 aliphatic carbocycles. The van der Waals surface area contributed by atoms with Gasteiger partial charge < -0.3 is 9.47 Å². The molecule has 0 radical (unpaired) electrons. The van der Waals surface area contributed by atoms with Crippen molar-refractivity contribution < 1.29 is 23.9 Å². The predicted octanol–water partition coefficient (Wildman–Crippen LogP) is 2.57. The number of unbranched alkanes of at least 4 members (excludes halogenated alkanes) is 1. The van der Waals surface area contributed by atoms with E-state index in [-0.39, 0.29) is 11.1 Å². The molecular weight excluding hydrogens is 260 g/mol. The minimum atomic E-state index is -0.704. The number of benzene rings is 1. The molecule has 5 heteroatoms. The van der Waals surface area contributed by atoms with Crippen molar-refractivity contribution in [3.8, 4) is 0 Å². The minimum absolute atomic E-state index is 0.169. The zero-order valence-corrected chi connectivity index (χ0v) is 11.7. The highest BCUT2D eigenvalue weighted by Gasteiger charge is 2.34. The fourth-order valence-electron chi connectivity index (χ4n) is 2.29. The van der Waals surface area contributed by atoms with E-state index < -0.39 is 17.9 Å². The molecule has 0 fully saturated rings. The summed E-state index contributed by atoms with van der Waals surface area (Å²) in [5.41, 5.74) is 1.77. The van der Waals surface area contributed by atoms with Gasteiger partial charge in [-0.05, 0) is 37.5 Å². The van der Waals surface area contributed by atoms with Crippen LogP contribution in [0.3, 0.4) is 0 Å². The molecule has 1 aliphatic heterocycles. The molecular formula is C15H16O5. The second-order valence-electron chi connectivity index (χ2n) is 4.78. The van der Waals surface area contributed by atoms with Crippen LogP contribution in [0.5, 0.6) is 0 Å². The Balaban J connectivity index is 2.41. The summed E-state index contributed by atoms with van der Waals surface area (Å²) in [5, 5.41) is 0. The predicted molar refractivity (Wildman–Crippen MR) is 70.9 cm³/mol. The Morgan fingerprint density at radius 1 is 1.25 bits per heavy atom. The number of carbonyl (C=O) groups excluding carboxylic acids is 3. The minimum Gasteiger partial charge on any atom is -0.462 e. The van der Waals surface area contributed by atoms with Crippen LogP contribution in [0.1, 0.15) is 62.0 Å². The highest BCUT2D eigenvalue weighted by molar-refractivity contribution is 6.17. The molecule has 0 saturated heterocycles. The van der Waals surface area contributed by atoms with E-state index in [9.17, 15) is 14.4 Å². The van der Waals surface area contributed by atoms with Gasteiger partial charge in [0.05, 0.1) is 23.3 Å². The third-order valence-electron chi connectivity index (χ3n) is 3.32. The van der Waals surface area contributed by atoms with Crippen molar-refractivity contribution in [1.29, 1.82) is 0 Å². The van der Waals surface area contributed by atoms with E-state index in [2.05, 4.69) is 4.74 Å².